The summed E-state index contributed by atoms with van der Waals surface area (Å²) >= 11 is 0. The normalized spacial score (nSPS) is 13.9. The number of hydrogen-bond acceptors (Lipinski definition) is 8. The maximum Gasteiger partial charge on any atom is 0.326 e. The summed E-state index contributed by atoms with van der Waals surface area (Å²) in [4.78, 5) is 51.5. The van der Waals surface area contributed by atoms with Crippen LogP contribution in [-0.2, 0) is 32.0 Å². The van der Waals surface area contributed by atoms with Gasteiger partial charge in [-0.1, -0.05) is 38.1 Å². The topological polar surface area (TPSA) is 217 Å². The number of hydrogen-bond donors (Lipinski definition) is 8. The van der Waals surface area contributed by atoms with E-state index < -0.39 is 47.9 Å². The van der Waals surface area contributed by atoms with Crippen molar-refractivity contribution < 1.29 is 34.5 Å². The van der Waals surface area contributed by atoms with E-state index in [1.807, 2.05) is 13.8 Å². The average Bonchev–Trinajstić information content (AvgIpc) is 2.93. The fourth-order valence-corrected chi connectivity index (χ4v) is 4.33. The number of phenolic OH excluding ortho intramolecular Hbond substituents is 2. The van der Waals surface area contributed by atoms with Crippen molar-refractivity contribution in [1.29, 1.82) is 0 Å². The van der Waals surface area contributed by atoms with Gasteiger partial charge in [-0.2, -0.15) is 0 Å². The summed E-state index contributed by atoms with van der Waals surface area (Å²) in [7, 11) is 0. The molecule has 0 heterocycles. The molecule has 42 heavy (non-hydrogen) atoms. The summed E-state index contributed by atoms with van der Waals surface area (Å²) in [5.41, 5.74) is 13.1. The first-order chi connectivity index (χ1) is 19.9. The SMILES string of the molecule is CC(C)CC(NC(=O)C(Cc1ccc(O)cc1)NC(=O)C(CCCCN)NC(=O)C(N)Cc1ccc(O)cc1)C(=O)O. The van der Waals surface area contributed by atoms with E-state index in [0.29, 0.717) is 24.9 Å². The maximum absolute atomic E-state index is 13.5. The molecule has 230 valence electrons. The Morgan fingerprint density at radius 1 is 0.714 bits per heavy atom. The predicted octanol–water partition coefficient (Wildman–Crippen LogP) is 0.924. The van der Waals surface area contributed by atoms with Gasteiger partial charge in [-0.05, 0) is 80.0 Å². The summed E-state index contributed by atoms with van der Waals surface area (Å²) in [6, 6.07) is 7.97. The second-order valence-corrected chi connectivity index (χ2v) is 10.8. The molecule has 0 saturated heterocycles. The third-order valence-corrected chi connectivity index (χ3v) is 6.64. The molecule has 12 heteroatoms. The first-order valence-corrected chi connectivity index (χ1v) is 14.0. The number of rotatable bonds is 17. The second-order valence-electron chi connectivity index (χ2n) is 10.8. The van der Waals surface area contributed by atoms with Crippen molar-refractivity contribution in [2.45, 2.75) is 76.5 Å². The summed E-state index contributed by atoms with van der Waals surface area (Å²) in [6.45, 7) is 4.05. The van der Waals surface area contributed by atoms with Crippen molar-refractivity contribution in [1.82, 2.24) is 16.0 Å². The van der Waals surface area contributed by atoms with Crippen molar-refractivity contribution in [3.05, 3.63) is 59.7 Å². The van der Waals surface area contributed by atoms with E-state index in [1.54, 1.807) is 24.3 Å². The number of nitrogens with one attached hydrogen (secondary N) is 3. The number of carboxylic acid groups (broad SMARTS) is 1. The van der Waals surface area contributed by atoms with Crippen LogP contribution in [0.15, 0.2) is 48.5 Å². The van der Waals surface area contributed by atoms with Gasteiger partial charge in [0.05, 0.1) is 6.04 Å². The van der Waals surface area contributed by atoms with Crippen LogP contribution >= 0.6 is 0 Å². The first kappa shape index (κ1) is 34.0. The lowest BCUT2D eigenvalue weighted by Crippen LogP contribution is -2.57. The van der Waals surface area contributed by atoms with E-state index in [0.717, 1.165) is 5.56 Å². The van der Waals surface area contributed by atoms with E-state index in [-0.39, 0.29) is 43.1 Å². The molecule has 0 saturated carbocycles. The zero-order valence-electron chi connectivity index (χ0n) is 24.1. The molecular weight excluding hydrogens is 542 g/mol. The minimum Gasteiger partial charge on any atom is -0.508 e. The molecule has 0 aliphatic rings. The Morgan fingerprint density at radius 3 is 1.69 bits per heavy atom. The van der Waals surface area contributed by atoms with E-state index >= 15 is 0 Å². The van der Waals surface area contributed by atoms with E-state index in [9.17, 15) is 34.5 Å². The number of nitrogens with two attached hydrogens (primary N) is 2. The smallest absolute Gasteiger partial charge is 0.326 e. The maximum atomic E-state index is 13.5. The molecule has 0 aromatic heterocycles. The van der Waals surface area contributed by atoms with Crippen molar-refractivity contribution >= 4 is 23.7 Å². The van der Waals surface area contributed by atoms with Gasteiger partial charge in [0, 0.05) is 6.42 Å². The number of carbonyl (C=O) groups is 4. The van der Waals surface area contributed by atoms with Gasteiger partial charge in [0.2, 0.25) is 17.7 Å². The third kappa shape index (κ3) is 11.8. The molecule has 0 spiro atoms. The molecule has 0 radical (unpaired) electrons. The van der Waals surface area contributed by atoms with Crippen LogP contribution in [0.3, 0.4) is 0 Å². The van der Waals surface area contributed by atoms with Crippen molar-refractivity contribution in [3.8, 4) is 11.5 Å². The molecule has 2 rings (SSSR count). The highest BCUT2D eigenvalue weighted by atomic mass is 16.4. The van der Waals surface area contributed by atoms with Crippen LogP contribution in [0.4, 0.5) is 0 Å². The number of carbonyl (C=O) groups excluding carboxylic acids is 3. The number of carboxylic acids is 1. The van der Waals surface area contributed by atoms with Crippen LogP contribution < -0.4 is 27.4 Å². The fraction of sp³-hybridized carbons (Fsp3) is 0.467. The molecule has 3 amide bonds. The second kappa shape index (κ2) is 16.9. The predicted molar refractivity (Wildman–Crippen MR) is 157 cm³/mol. The highest BCUT2D eigenvalue weighted by molar-refractivity contribution is 5.94. The van der Waals surface area contributed by atoms with Crippen LogP contribution in [0.2, 0.25) is 0 Å². The minimum atomic E-state index is -1.19. The summed E-state index contributed by atoms with van der Waals surface area (Å²) < 4.78 is 0. The van der Waals surface area contributed by atoms with Crippen LogP contribution in [0.5, 0.6) is 11.5 Å². The molecule has 0 bridgehead atoms. The molecular formula is C30H43N5O7. The van der Waals surface area contributed by atoms with Gasteiger partial charge in [-0.25, -0.2) is 4.79 Å². The standard InChI is InChI=1S/C30H43N5O7/c1-18(2)15-26(30(41)42)35-29(40)25(17-20-8-12-22(37)13-9-20)34-28(39)24(5-3-4-14-31)33-27(38)23(32)16-19-6-10-21(36)11-7-19/h6-13,18,23-26,36-37H,3-5,14-17,31-32H2,1-2H3,(H,33,38)(H,34,39)(H,35,40)(H,41,42). The van der Waals surface area contributed by atoms with E-state index in [1.165, 1.54) is 24.3 Å². The number of aliphatic carboxylic acids is 1. The Hall–Kier alpha value is -4.16. The molecule has 10 N–H and O–H groups in total. The van der Waals surface area contributed by atoms with Gasteiger partial charge in [-0.3, -0.25) is 14.4 Å². The average molecular weight is 586 g/mol. The van der Waals surface area contributed by atoms with Crippen molar-refractivity contribution in [3.63, 3.8) is 0 Å². The molecule has 2 aromatic rings. The highest BCUT2D eigenvalue weighted by Crippen LogP contribution is 2.14. The molecule has 12 nitrogen and oxygen atoms in total. The Bertz CT molecular complexity index is 1170. The van der Waals surface area contributed by atoms with Gasteiger partial charge in [0.15, 0.2) is 0 Å². The van der Waals surface area contributed by atoms with Gasteiger partial charge in [0.25, 0.3) is 0 Å². The quantitative estimate of drug-likeness (QED) is 0.124. The van der Waals surface area contributed by atoms with Crippen LogP contribution in [-0.4, -0.2) is 69.7 Å². The number of unbranched alkanes of at least 4 members (excludes halogenated alkanes) is 1. The molecule has 0 aliphatic carbocycles. The lowest BCUT2D eigenvalue weighted by molar-refractivity contribution is -0.142. The molecule has 0 fully saturated rings. The molecule has 4 unspecified atom stereocenters. The van der Waals surface area contributed by atoms with E-state index in [4.69, 9.17) is 11.5 Å². The number of phenols is 2. The van der Waals surface area contributed by atoms with Crippen LogP contribution in [0, 0.1) is 5.92 Å². The van der Waals surface area contributed by atoms with Crippen LogP contribution in [0.1, 0.15) is 50.7 Å². The zero-order chi connectivity index (χ0) is 31.2. The largest absolute Gasteiger partial charge is 0.508 e. The van der Waals surface area contributed by atoms with Crippen LogP contribution in [0.25, 0.3) is 0 Å². The van der Waals surface area contributed by atoms with Gasteiger partial charge in [0.1, 0.15) is 29.6 Å². The van der Waals surface area contributed by atoms with Gasteiger partial charge < -0.3 is 42.7 Å². The number of aromatic hydroxyl groups is 2. The Labute approximate surface area is 245 Å². The third-order valence-electron chi connectivity index (χ3n) is 6.64. The molecule has 0 aliphatic heterocycles. The summed E-state index contributed by atoms with van der Waals surface area (Å²) in [5.74, 6) is -2.99. The van der Waals surface area contributed by atoms with Gasteiger partial charge in [-0.15, -0.1) is 0 Å². The summed E-state index contributed by atoms with van der Waals surface area (Å²) in [6.07, 6.45) is 1.73. The van der Waals surface area contributed by atoms with E-state index in [2.05, 4.69) is 16.0 Å². The lowest BCUT2D eigenvalue weighted by atomic mass is 10.0. The molecule has 4 atom stereocenters. The number of benzene rings is 2. The Kier molecular flexibility index (Phi) is 13.7. The minimum absolute atomic E-state index is 0.00963. The van der Waals surface area contributed by atoms with Gasteiger partial charge >= 0.3 is 5.97 Å². The Balaban J connectivity index is 2.23. The van der Waals surface area contributed by atoms with Crippen molar-refractivity contribution in [2.75, 3.05) is 6.54 Å². The zero-order valence-corrected chi connectivity index (χ0v) is 24.1. The Morgan fingerprint density at radius 2 is 1.19 bits per heavy atom. The highest BCUT2D eigenvalue weighted by Gasteiger charge is 2.30. The van der Waals surface area contributed by atoms with Crippen molar-refractivity contribution in [2.24, 2.45) is 17.4 Å². The first-order valence-electron chi connectivity index (χ1n) is 14.0. The lowest BCUT2D eigenvalue weighted by Gasteiger charge is -2.26. The fourth-order valence-electron chi connectivity index (χ4n) is 4.33. The monoisotopic (exact) mass is 585 g/mol. The number of amides is 3. The summed E-state index contributed by atoms with van der Waals surface area (Å²) in [5, 5.41) is 36.6. The molecule has 2 aromatic carbocycles.